The van der Waals surface area contributed by atoms with Gasteiger partial charge in [0, 0.05) is 30.1 Å². The largest absolute Gasteiger partial charge is 0.497 e. The van der Waals surface area contributed by atoms with Crippen molar-refractivity contribution in [2.75, 3.05) is 24.7 Å². The molecule has 2 aromatic carbocycles. The van der Waals surface area contributed by atoms with E-state index in [9.17, 15) is 9.59 Å². The maximum Gasteiger partial charge on any atom is 0.251 e. The van der Waals surface area contributed by atoms with E-state index in [1.165, 1.54) is 11.8 Å². The smallest absolute Gasteiger partial charge is 0.251 e. The SMILES string of the molecule is C=CCn1c(CCNC(=O)c2ccc(OC)cc2)nnc1SCC(=O)Nc1cc(Cl)ccc1Cl. The first-order chi connectivity index (χ1) is 16.4. The van der Waals surface area contributed by atoms with Crippen LogP contribution < -0.4 is 15.4 Å². The monoisotopic (exact) mass is 519 g/mol. The number of halogens is 2. The fourth-order valence-corrected chi connectivity index (χ4v) is 4.07. The van der Waals surface area contributed by atoms with Crippen LogP contribution >= 0.6 is 35.0 Å². The lowest BCUT2D eigenvalue weighted by Gasteiger charge is -2.10. The van der Waals surface area contributed by atoms with E-state index < -0.39 is 0 Å². The van der Waals surface area contributed by atoms with Crippen LogP contribution in [0, 0.1) is 0 Å². The summed E-state index contributed by atoms with van der Waals surface area (Å²) in [5.41, 5.74) is 0.982. The van der Waals surface area contributed by atoms with Crippen molar-refractivity contribution in [2.45, 2.75) is 18.1 Å². The number of amides is 2. The van der Waals surface area contributed by atoms with E-state index >= 15 is 0 Å². The maximum absolute atomic E-state index is 12.4. The molecule has 1 heterocycles. The zero-order valence-electron chi connectivity index (χ0n) is 18.4. The van der Waals surface area contributed by atoms with Crippen molar-refractivity contribution in [3.63, 3.8) is 0 Å². The minimum atomic E-state index is -0.254. The standard InChI is InChI=1S/C23H23Cl2N5O3S/c1-3-12-30-20(10-11-26-22(32)15-4-7-17(33-2)8-5-15)28-29-23(30)34-14-21(31)27-19-13-16(24)6-9-18(19)25/h3-9,13H,1,10-12,14H2,2H3,(H,26,32)(H,27,31). The number of carbonyl (C=O) groups is 2. The fraction of sp³-hybridized carbons (Fsp3) is 0.217. The molecule has 1 aromatic heterocycles. The fourth-order valence-electron chi connectivity index (χ4n) is 2.97. The summed E-state index contributed by atoms with van der Waals surface area (Å²) < 4.78 is 6.96. The molecule has 34 heavy (non-hydrogen) atoms. The molecule has 0 aliphatic carbocycles. The molecular weight excluding hydrogens is 497 g/mol. The number of hydrogen-bond acceptors (Lipinski definition) is 6. The van der Waals surface area contributed by atoms with Crippen molar-refractivity contribution in [2.24, 2.45) is 0 Å². The number of anilines is 1. The molecule has 8 nitrogen and oxygen atoms in total. The summed E-state index contributed by atoms with van der Waals surface area (Å²) in [7, 11) is 1.57. The predicted molar refractivity (Wildman–Crippen MR) is 135 cm³/mol. The Morgan fingerprint density at radius 3 is 2.65 bits per heavy atom. The Balaban J connectivity index is 1.55. The van der Waals surface area contributed by atoms with E-state index in [1.54, 1.807) is 55.7 Å². The van der Waals surface area contributed by atoms with Crippen molar-refractivity contribution in [3.8, 4) is 5.75 Å². The number of carbonyl (C=O) groups excluding carboxylic acids is 2. The average Bonchev–Trinajstić information content (AvgIpc) is 3.21. The van der Waals surface area contributed by atoms with Crippen molar-refractivity contribution in [3.05, 3.63) is 76.6 Å². The van der Waals surface area contributed by atoms with Crippen LogP contribution in [-0.2, 0) is 17.8 Å². The lowest BCUT2D eigenvalue weighted by molar-refractivity contribution is -0.113. The van der Waals surface area contributed by atoms with Gasteiger partial charge >= 0.3 is 0 Å². The average molecular weight is 520 g/mol. The summed E-state index contributed by atoms with van der Waals surface area (Å²) in [5, 5.41) is 15.5. The molecule has 2 N–H and O–H groups in total. The molecule has 0 saturated heterocycles. The second kappa shape index (κ2) is 12.5. The molecule has 0 unspecified atom stereocenters. The molecular formula is C23H23Cl2N5O3S. The summed E-state index contributed by atoms with van der Waals surface area (Å²) in [6, 6.07) is 11.7. The summed E-state index contributed by atoms with van der Waals surface area (Å²) in [5.74, 6) is 1.02. The van der Waals surface area contributed by atoms with Crippen LogP contribution in [0.15, 0.2) is 60.3 Å². The zero-order chi connectivity index (χ0) is 24.5. The highest BCUT2D eigenvalue weighted by Crippen LogP contribution is 2.26. The molecule has 0 spiro atoms. The summed E-state index contributed by atoms with van der Waals surface area (Å²) >= 11 is 13.3. The quantitative estimate of drug-likeness (QED) is 0.286. The van der Waals surface area contributed by atoms with E-state index in [0.717, 1.165) is 0 Å². The highest BCUT2D eigenvalue weighted by atomic mass is 35.5. The Kier molecular flexibility index (Phi) is 9.38. The van der Waals surface area contributed by atoms with Gasteiger partial charge in [-0.25, -0.2) is 0 Å². The molecule has 11 heteroatoms. The van der Waals surface area contributed by atoms with Crippen molar-refractivity contribution < 1.29 is 14.3 Å². The minimum Gasteiger partial charge on any atom is -0.497 e. The molecule has 3 rings (SSSR count). The van der Waals surface area contributed by atoms with Crippen LogP contribution in [0.5, 0.6) is 5.75 Å². The van der Waals surface area contributed by atoms with Crippen molar-refractivity contribution in [1.29, 1.82) is 0 Å². The molecule has 0 saturated carbocycles. The minimum absolute atomic E-state index is 0.103. The van der Waals surface area contributed by atoms with Gasteiger partial charge in [-0.1, -0.05) is 41.0 Å². The Bertz CT molecular complexity index is 1170. The molecule has 2 amide bonds. The van der Waals surface area contributed by atoms with E-state index in [1.807, 2.05) is 4.57 Å². The Morgan fingerprint density at radius 2 is 1.94 bits per heavy atom. The predicted octanol–water partition coefficient (Wildman–Crippen LogP) is 4.48. The number of nitrogens with one attached hydrogen (secondary N) is 2. The van der Waals surface area contributed by atoms with Crippen LogP contribution in [0.2, 0.25) is 10.0 Å². The van der Waals surface area contributed by atoms with E-state index in [0.29, 0.717) is 57.5 Å². The normalized spacial score (nSPS) is 10.6. The van der Waals surface area contributed by atoms with Crippen molar-refractivity contribution in [1.82, 2.24) is 20.1 Å². The van der Waals surface area contributed by atoms with Gasteiger partial charge in [0.05, 0.1) is 23.6 Å². The number of ether oxygens (including phenoxy) is 1. The van der Waals surface area contributed by atoms with Gasteiger partial charge < -0.3 is 19.9 Å². The molecule has 0 aliphatic heterocycles. The third-order valence-corrected chi connectivity index (χ3v) is 6.16. The topological polar surface area (TPSA) is 98.1 Å². The van der Waals surface area contributed by atoms with Crippen LogP contribution in [0.4, 0.5) is 5.69 Å². The highest BCUT2D eigenvalue weighted by Gasteiger charge is 2.15. The highest BCUT2D eigenvalue weighted by molar-refractivity contribution is 7.99. The number of thioether (sulfide) groups is 1. The van der Waals surface area contributed by atoms with Crippen LogP contribution in [0.25, 0.3) is 0 Å². The summed E-state index contributed by atoms with van der Waals surface area (Å²) in [6.45, 7) is 4.62. The van der Waals surface area contributed by atoms with Gasteiger partial charge in [0.15, 0.2) is 5.16 Å². The number of benzene rings is 2. The van der Waals surface area contributed by atoms with E-state index in [4.69, 9.17) is 27.9 Å². The number of rotatable bonds is 11. The van der Waals surface area contributed by atoms with Crippen LogP contribution in [0.1, 0.15) is 16.2 Å². The number of allylic oxidation sites excluding steroid dienone is 1. The third-order valence-electron chi connectivity index (χ3n) is 4.63. The van der Waals surface area contributed by atoms with Gasteiger partial charge in [-0.05, 0) is 42.5 Å². The first-order valence-corrected chi connectivity index (χ1v) is 12.0. The lowest BCUT2D eigenvalue weighted by Crippen LogP contribution is -2.26. The third kappa shape index (κ3) is 6.99. The second-order valence-corrected chi connectivity index (χ2v) is 8.78. The molecule has 0 aliphatic rings. The van der Waals surface area contributed by atoms with Gasteiger partial charge in [-0.3, -0.25) is 9.59 Å². The van der Waals surface area contributed by atoms with Gasteiger partial charge in [0.2, 0.25) is 5.91 Å². The first kappa shape index (κ1) is 25.6. The molecule has 0 bridgehead atoms. The molecule has 178 valence electrons. The Hall–Kier alpha value is -3.01. The molecule has 0 fully saturated rings. The van der Waals surface area contributed by atoms with E-state index in [-0.39, 0.29) is 17.6 Å². The van der Waals surface area contributed by atoms with Crippen LogP contribution in [-0.4, -0.2) is 46.0 Å². The van der Waals surface area contributed by atoms with Gasteiger partial charge in [-0.15, -0.1) is 16.8 Å². The summed E-state index contributed by atoms with van der Waals surface area (Å²) in [6.07, 6.45) is 2.19. The Morgan fingerprint density at radius 1 is 1.18 bits per heavy atom. The van der Waals surface area contributed by atoms with Crippen molar-refractivity contribution >= 4 is 52.5 Å². The first-order valence-electron chi connectivity index (χ1n) is 10.2. The second-order valence-electron chi connectivity index (χ2n) is 6.99. The number of methoxy groups -OCH3 is 1. The van der Waals surface area contributed by atoms with Gasteiger partial charge in [-0.2, -0.15) is 0 Å². The number of hydrogen-bond donors (Lipinski definition) is 2. The van der Waals surface area contributed by atoms with Crippen LogP contribution in [0.3, 0.4) is 0 Å². The number of aromatic nitrogens is 3. The summed E-state index contributed by atoms with van der Waals surface area (Å²) in [4.78, 5) is 24.7. The molecule has 0 atom stereocenters. The van der Waals surface area contributed by atoms with Gasteiger partial charge in [0.1, 0.15) is 11.6 Å². The maximum atomic E-state index is 12.4. The molecule has 3 aromatic rings. The van der Waals surface area contributed by atoms with Gasteiger partial charge in [0.25, 0.3) is 5.91 Å². The Labute approximate surface area is 211 Å². The lowest BCUT2D eigenvalue weighted by atomic mass is 10.2. The zero-order valence-corrected chi connectivity index (χ0v) is 20.7. The van der Waals surface area contributed by atoms with E-state index in [2.05, 4.69) is 27.4 Å². The molecule has 0 radical (unpaired) electrons. The number of nitrogens with zero attached hydrogens (tertiary/aromatic N) is 3.